The standard InChI is InChI=1S/C14H14F3NO6/c1-7(14(15,16)17)11(19)22-5-4-18-13(21)24-9-3-2-8-6-10(9)23-12(8)20/h2,9-10H,1,3-6H2,(H,18,21). The molecule has 0 aromatic rings. The summed E-state index contributed by atoms with van der Waals surface area (Å²) in [6.45, 7) is 1.87. The Morgan fingerprint density at radius 1 is 1.42 bits per heavy atom. The molecule has 2 bridgehead atoms. The molecule has 0 radical (unpaired) electrons. The van der Waals surface area contributed by atoms with Gasteiger partial charge in [0.05, 0.1) is 6.54 Å². The van der Waals surface area contributed by atoms with Gasteiger partial charge in [0.1, 0.15) is 24.4 Å². The zero-order chi connectivity index (χ0) is 17.9. The fraction of sp³-hybridized carbons (Fsp3) is 0.500. The molecule has 0 aromatic carbocycles. The number of esters is 2. The van der Waals surface area contributed by atoms with Crippen LogP contribution in [0.5, 0.6) is 0 Å². The summed E-state index contributed by atoms with van der Waals surface area (Å²) in [5.41, 5.74) is -1.07. The van der Waals surface area contributed by atoms with Crippen LogP contribution < -0.4 is 5.32 Å². The number of hydrogen-bond acceptors (Lipinski definition) is 6. The van der Waals surface area contributed by atoms with Gasteiger partial charge in [-0.3, -0.25) is 0 Å². The first-order valence-electron chi connectivity index (χ1n) is 6.96. The number of alkyl carbamates (subject to hydrolysis) is 1. The maximum absolute atomic E-state index is 12.2. The highest BCUT2D eigenvalue weighted by Gasteiger charge is 2.40. The number of amides is 1. The zero-order valence-electron chi connectivity index (χ0n) is 12.4. The van der Waals surface area contributed by atoms with Gasteiger partial charge in [0, 0.05) is 18.4 Å². The quantitative estimate of drug-likeness (QED) is 0.349. The summed E-state index contributed by atoms with van der Waals surface area (Å²) in [7, 11) is 0. The number of ether oxygens (including phenoxy) is 3. The predicted molar refractivity (Wildman–Crippen MR) is 71.6 cm³/mol. The lowest BCUT2D eigenvalue weighted by Gasteiger charge is -2.22. The summed E-state index contributed by atoms with van der Waals surface area (Å²) in [5.74, 6) is -2.04. The van der Waals surface area contributed by atoms with E-state index in [2.05, 4.69) is 16.6 Å². The Morgan fingerprint density at radius 2 is 2.12 bits per heavy atom. The molecule has 7 nitrogen and oxygen atoms in total. The number of nitrogens with one attached hydrogen (secondary N) is 1. The van der Waals surface area contributed by atoms with Crippen LogP contribution in [0.1, 0.15) is 12.8 Å². The van der Waals surface area contributed by atoms with E-state index in [-0.39, 0.29) is 6.54 Å². The van der Waals surface area contributed by atoms with Crippen molar-refractivity contribution in [1.29, 1.82) is 0 Å². The fourth-order valence-electron chi connectivity index (χ4n) is 2.14. The minimum atomic E-state index is -4.87. The molecule has 2 aliphatic rings. The first kappa shape index (κ1) is 17.8. The Balaban J connectivity index is 1.66. The van der Waals surface area contributed by atoms with E-state index >= 15 is 0 Å². The number of fused-ring (bicyclic) bond motifs is 2. The highest BCUT2D eigenvalue weighted by molar-refractivity contribution is 5.91. The van der Waals surface area contributed by atoms with Crippen LogP contribution in [0.3, 0.4) is 0 Å². The van der Waals surface area contributed by atoms with Gasteiger partial charge in [-0.05, 0) is 0 Å². The Bertz CT molecular complexity index is 598. The normalized spacial score (nSPS) is 22.3. The van der Waals surface area contributed by atoms with Crippen LogP contribution in [0.2, 0.25) is 0 Å². The van der Waals surface area contributed by atoms with Gasteiger partial charge in [0.15, 0.2) is 0 Å². The summed E-state index contributed by atoms with van der Waals surface area (Å²) in [5, 5.41) is 2.22. The molecular weight excluding hydrogens is 335 g/mol. The molecule has 24 heavy (non-hydrogen) atoms. The molecule has 2 rings (SSSR count). The molecule has 0 saturated carbocycles. The second kappa shape index (κ2) is 6.93. The lowest BCUT2D eigenvalue weighted by atomic mass is 9.97. The van der Waals surface area contributed by atoms with E-state index in [1.165, 1.54) is 0 Å². The molecule has 1 N–H and O–H groups in total. The number of alkyl halides is 3. The van der Waals surface area contributed by atoms with Crippen molar-refractivity contribution in [3.05, 3.63) is 23.8 Å². The van der Waals surface area contributed by atoms with Gasteiger partial charge in [-0.25, -0.2) is 14.4 Å². The lowest BCUT2D eigenvalue weighted by Crippen LogP contribution is -2.37. The van der Waals surface area contributed by atoms with Crippen LogP contribution in [-0.2, 0) is 23.8 Å². The molecule has 1 saturated heterocycles. The van der Waals surface area contributed by atoms with Crippen molar-refractivity contribution < 1.29 is 41.8 Å². The van der Waals surface area contributed by atoms with Crippen LogP contribution in [0, 0.1) is 0 Å². The zero-order valence-corrected chi connectivity index (χ0v) is 12.4. The number of hydrogen-bond donors (Lipinski definition) is 1. The van der Waals surface area contributed by atoms with Gasteiger partial charge in [-0.2, -0.15) is 13.2 Å². The van der Waals surface area contributed by atoms with Gasteiger partial charge in [-0.15, -0.1) is 0 Å². The van der Waals surface area contributed by atoms with E-state index in [0.717, 1.165) is 0 Å². The van der Waals surface area contributed by atoms with Crippen LogP contribution in [0.4, 0.5) is 18.0 Å². The summed E-state index contributed by atoms with van der Waals surface area (Å²) >= 11 is 0. The van der Waals surface area contributed by atoms with Crippen molar-refractivity contribution >= 4 is 18.0 Å². The highest BCUT2D eigenvalue weighted by atomic mass is 19.4. The van der Waals surface area contributed by atoms with E-state index in [1.54, 1.807) is 6.08 Å². The summed E-state index contributed by atoms with van der Waals surface area (Å²) < 4.78 is 50.9. The third-order valence-corrected chi connectivity index (χ3v) is 3.40. The maximum atomic E-state index is 12.2. The molecule has 0 spiro atoms. The van der Waals surface area contributed by atoms with Crippen molar-refractivity contribution in [3.63, 3.8) is 0 Å². The van der Waals surface area contributed by atoms with Crippen molar-refractivity contribution in [3.8, 4) is 0 Å². The van der Waals surface area contributed by atoms with Crippen LogP contribution >= 0.6 is 0 Å². The lowest BCUT2D eigenvalue weighted by molar-refractivity contribution is -0.150. The molecule has 1 fully saturated rings. The average molecular weight is 349 g/mol. The number of halogens is 3. The van der Waals surface area contributed by atoms with E-state index in [0.29, 0.717) is 18.4 Å². The van der Waals surface area contributed by atoms with Crippen molar-refractivity contribution in [2.45, 2.75) is 31.2 Å². The topological polar surface area (TPSA) is 90.9 Å². The molecule has 132 valence electrons. The van der Waals surface area contributed by atoms with Crippen LogP contribution in [-0.4, -0.2) is 49.6 Å². The predicted octanol–water partition coefficient (Wildman–Crippen LogP) is 1.39. The molecule has 0 aromatic heterocycles. The smallest absolute Gasteiger partial charge is 0.422 e. The minimum Gasteiger partial charge on any atom is -0.460 e. The van der Waals surface area contributed by atoms with Crippen molar-refractivity contribution in [2.75, 3.05) is 13.2 Å². The molecule has 1 aliphatic carbocycles. The Morgan fingerprint density at radius 3 is 2.79 bits per heavy atom. The summed E-state index contributed by atoms with van der Waals surface area (Å²) in [6, 6.07) is 0. The maximum Gasteiger partial charge on any atom is 0.422 e. The summed E-state index contributed by atoms with van der Waals surface area (Å²) in [4.78, 5) is 33.9. The molecule has 1 heterocycles. The van der Waals surface area contributed by atoms with E-state index < -0.39 is 48.6 Å². The first-order valence-corrected chi connectivity index (χ1v) is 6.96. The van der Waals surface area contributed by atoms with E-state index in [9.17, 15) is 27.6 Å². The molecule has 10 heteroatoms. The summed E-state index contributed by atoms with van der Waals surface area (Å²) in [6.07, 6.45) is -4.55. The second-order valence-corrected chi connectivity index (χ2v) is 5.10. The van der Waals surface area contributed by atoms with Gasteiger partial charge >= 0.3 is 24.2 Å². The van der Waals surface area contributed by atoms with Gasteiger partial charge in [0.25, 0.3) is 0 Å². The average Bonchev–Trinajstić information content (AvgIpc) is 2.80. The van der Waals surface area contributed by atoms with Crippen LogP contribution in [0.15, 0.2) is 23.8 Å². The SMILES string of the molecule is C=C(C(=O)OCCNC(=O)OC1CC=C2CC1OC2=O)C(F)(F)F. The molecule has 1 aliphatic heterocycles. The number of rotatable bonds is 5. The second-order valence-electron chi connectivity index (χ2n) is 5.10. The Hall–Kier alpha value is -2.52. The monoisotopic (exact) mass is 349 g/mol. The van der Waals surface area contributed by atoms with Gasteiger partial charge < -0.3 is 19.5 Å². The number of carbonyl (C=O) groups excluding carboxylic acids is 3. The first-order chi connectivity index (χ1) is 11.2. The van der Waals surface area contributed by atoms with E-state index in [4.69, 9.17) is 9.47 Å². The number of carbonyl (C=O) groups is 3. The molecular formula is C14H14F3NO6. The molecule has 1 amide bonds. The Labute approximate surface area is 134 Å². The minimum absolute atomic E-state index is 0.242. The van der Waals surface area contributed by atoms with Gasteiger partial charge in [-0.1, -0.05) is 12.7 Å². The van der Waals surface area contributed by atoms with Crippen molar-refractivity contribution in [2.24, 2.45) is 0 Å². The fourth-order valence-corrected chi connectivity index (χ4v) is 2.14. The highest BCUT2D eigenvalue weighted by Crippen LogP contribution is 2.31. The van der Waals surface area contributed by atoms with Crippen LogP contribution in [0.25, 0.3) is 0 Å². The van der Waals surface area contributed by atoms with Gasteiger partial charge in [0.2, 0.25) is 0 Å². The van der Waals surface area contributed by atoms with E-state index in [1.807, 2.05) is 0 Å². The third kappa shape index (κ3) is 4.27. The Kier molecular flexibility index (Phi) is 5.15. The molecule has 2 unspecified atom stereocenters. The molecule has 2 atom stereocenters. The van der Waals surface area contributed by atoms with Crippen molar-refractivity contribution in [1.82, 2.24) is 5.32 Å². The third-order valence-electron chi connectivity index (χ3n) is 3.40. The largest absolute Gasteiger partial charge is 0.460 e.